The number of thiophene rings is 1. The van der Waals surface area contributed by atoms with Crippen molar-refractivity contribution in [2.75, 3.05) is 32.8 Å². The number of amides is 1. The number of hydrogen-bond donors (Lipinski definition) is 1. The van der Waals surface area contributed by atoms with Gasteiger partial charge in [0.15, 0.2) is 0 Å². The van der Waals surface area contributed by atoms with Crippen molar-refractivity contribution in [2.24, 2.45) is 0 Å². The minimum atomic E-state index is -0.0887. The topological polar surface area (TPSA) is 50.8 Å². The molecule has 2 aliphatic heterocycles. The van der Waals surface area contributed by atoms with E-state index >= 15 is 0 Å². The zero-order valence-corrected chi connectivity index (χ0v) is 20.5. The van der Waals surface area contributed by atoms with Crippen molar-refractivity contribution in [1.82, 2.24) is 10.2 Å². The first-order valence-electron chi connectivity index (χ1n) is 12.0. The van der Waals surface area contributed by atoms with Crippen molar-refractivity contribution in [3.8, 4) is 5.75 Å². The maximum absolute atomic E-state index is 13.2. The molecule has 0 bridgehead atoms. The van der Waals surface area contributed by atoms with Gasteiger partial charge in [-0.3, -0.25) is 9.69 Å². The van der Waals surface area contributed by atoms with Crippen LogP contribution in [0, 0.1) is 6.92 Å². The highest BCUT2D eigenvalue weighted by atomic mass is 32.1. The molecule has 2 aromatic carbocycles. The maximum atomic E-state index is 13.2. The Morgan fingerprint density at radius 3 is 2.74 bits per heavy atom. The molecular weight excluding hydrogens is 444 g/mol. The average Bonchev–Trinajstić information content (AvgIpc) is 3.34. The predicted octanol–water partition coefficient (Wildman–Crippen LogP) is 4.86. The summed E-state index contributed by atoms with van der Waals surface area (Å²) in [4.78, 5) is 15.4. The highest BCUT2D eigenvalue weighted by Gasteiger charge is 2.35. The summed E-state index contributed by atoms with van der Waals surface area (Å²) in [7, 11) is 0. The van der Waals surface area contributed by atoms with Gasteiger partial charge in [-0.05, 0) is 48.2 Å². The van der Waals surface area contributed by atoms with Gasteiger partial charge in [-0.25, -0.2) is 0 Å². The summed E-state index contributed by atoms with van der Waals surface area (Å²) in [6, 6.07) is 19.0. The number of hydrogen-bond acceptors (Lipinski definition) is 5. The van der Waals surface area contributed by atoms with Crippen molar-refractivity contribution in [3.63, 3.8) is 0 Å². The molecule has 0 radical (unpaired) electrons. The highest BCUT2D eigenvalue weighted by Crippen LogP contribution is 2.35. The monoisotopic (exact) mass is 476 g/mol. The SMILES string of the molecule is Cc1ccc2c(c1)CN(CC(=O)NCC1(c3ccccc3)CCOCC1)CC(c1ccsc1)O2. The van der Waals surface area contributed by atoms with Crippen LogP contribution in [-0.2, 0) is 21.5 Å². The molecule has 0 saturated carbocycles. The third-order valence-electron chi connectivity index (χ3n) is 7.05. The van der Waals surface area contributed by atoms with E-state index in [4.69, 9.17) is 9.47 Å². The lowest BCUT2D eigenvalue weighted by molar-refractivity contribution is -0.123. The van der Waals surface area contributed by atoms with E-state index in [2.05, 4.69) is 76.4 Å². The highest BCUT2D eigenvalue weighted by molar-refractivity contribution is 7.07. The van der Waals surface area contributed by atoms with Crippen LogP contribution in [-0.4, -0.2) is 43.7 Å². The number of ether oxygens (including phenoxy) is 2. The molecule has 1 amide bonds. The number of rotatable bonds is 6. The Morgan fingerprint density at radius 1 is 1.15 bits per heavy atom. The summed E-state index contributed by atoms with van der Waals surface area (Å²) in [6.45, 7) is 5.90. The second-order valence-electron chi connectivity index (χ2n) is 9.48. The molecule has 3 aromatic rings. The maximum Gasteiger partial charge on any atom is 0.234 e. The van der Waals surface area contributed by atoms with Gasteiger partial charge in [0.25, 0.3) is 0 Å². The Hall–Kier alpha value is -2.67. The van der Waals surface area contributed by atoms with Crippen LogP contribution < -0.4 is 10.1 Å². The summed E-state index contributed by atoms with van der Waals surface area (Å²) >= 11 is 1.67. The predicted molar refractivity (Wildman–Crippen MR) is 135 cm³/mol. The summed E-state index contributed by atoms with van der Waals surface area (Å²) < 4.78 is 12.1. The lowest BCUT2D eigenvalue weighted by Gasteiger charge is -2.38. The second-order valence-corrected chi connectivity index (χ2v) is 10.3. The first-order valence-corrected chi connectivity index (χ1v) is 13.0. The fraction of sp³-hybridized carbons (Fsp3) is 0.393. The fourth-order valence-corrected chi connectivity index (χ4v) is 5.78. The van der Waals surface area contributed by atoms with E-state index in [1.165, 1.54) is 11.1 Å². The quantitative estimate of drug-likeness (QED) is 0.552. The third kappa shape index (κ3) is 5.19. The Balaban J connectivity index is 1.30. The van der Waals surface area contributed by atoms with Crippen molar-refractivity contribution in [2.45, 2.75) is 37.8 Å². The molecule has 1 saturated heterocycles. The second kappa shape index (κ2) is 10.3. The van der Waals surface area contributed by atoms with Crippen molar-refractivity contribution >= 4 is 17.2 Å². The van der Waals surface area contributed by atoms with Gasteiger partial charge < -0.3 is 14.8 Å². The molecule has 1 unspecified atom stereocenters. The van der Waals surface area contributed by atoms with Crippen LogP contribution in [0.4, 0.5) is 0 Å². The van der Waals surface area contributed by atoms with Gasteiger partial charge in [0.2, 0.25) is 5.91 Å². The fourth-order valence-electron chi connectivity index (χ4n) is 5.08. The van der Waals surface area contributed by atoms with Crippen LogP contribution in [0.5, 0.6) is 5.75 Å². The van der Waals surface area contributed by atoms with E-state index in [0.29, 0.717) is 26.2 Å². The van der Waals surface area contributed by atoms with E-state index in [0.717, 1.165) is 42.9 Å². The van der Waals surface area contributed by atoms with Gasteiger partial charge in [-0.1, -0.05) is 48.0 Å². The normalized spacial score (nSPS) is 20.1. The number of nitrogens with zero attached hydrogens (tertiary/aromatic N) is 1. The van der Waals surface area contributed by atoms with E-state index in [1.807, 2.05) is 6.07 Å². The molecule has 34 heavy (non-hydrogen) atoms. The summed E-state index contributed by atoms with van der Waals surface area (Å²) in [5.41, 5.74) is 4.71. The zero-order chi connectivity index (χ0) is 23.4. The first kappa shape index (κ1) is 23.1. The molecular formula is C28H32N2O3S. The molecule has 0 aliphatic carbocycles. The Labute approximate surface area is 205 Å². The summed E-state index contributed by atoms with van der Waals surface area (Å²) in [6.07, 6.45) is 1.75. The van der Waals surface area contributed by atoms with E-state index < -0.39 is 0 Å². The number of aryl methyl sites for hydroxylation is 1. The Kier molecular flexibility index (Phi) is 6.99. The van der Waals surface area contributed by atoms with Gasteiger partial charge in [0.1, 0.15) is 11.9 Å². The molecule has 0 spiro atoms. The molecule has 1 fully saturated rings. The van der Waals surface area contributed by atoms with Crippen LogP contribution in [0.25, 0.3) is 0 Å². The summed E-state index contributed by atoms with van der Waals surface area (Å²) in [5.74, 6) is 0.969. The molecule has 178 valence electrons. The lowest BCUT2D eigenvalue weighted by atomic mass is 9.74. The molecule has 6 heteroatoms. The first-order chi connectivity index (χ1) is 16.6. The minimum absolute atomic E-state index is 0.0574. The van der Waals surface area contributed by atoms with E-state index in [1.54, 1.807) is 11.3 Å². The molecule has 2 aliphatic rings. The van der Waals surface area contributed by atoms with Crippen molar-refractivity contribution < 1.29 is 14.3 Å². The van der Waals surface area contributed by atoms with Crippen LogP contribution in [0.1, 0.15) is 41.2 Å². The van der Waals surface area contributed by atoms with Gasteiger partial charge in [0, 0.05) is 49.4 Å². The van der Waals surface area contributed by atoms with Crippen LogP contribution in [0.15, 0.2) is 65.4 Å². The van der Waals surface area contributed by atoms with Crippen molar-refractivity contribution in [1.29, 1.82) is 0 Å². The molecule has 5 nitrogen and oxygen atoms in total. The molecule has 1 aromatic heterocycles. The lowest BCUT2D eigenvalue weighted by Crippen LogP contribution is -2.47. The third-order valence-corrected chi connectivity index (χ3v) is 7.75. The van der Waals surface area contributed by atoms with Crippen LogP contribution in [0.2, 0.25) is 0 Å². The smallest absolute Gasteiger partial charge is 0.234 e. The largest absolute Gasteiger partial charge is 0.484 e. The summed E-state index contributed by atoms with van der Waals surface area (Å²) in [5, 5.41) is 7.48. The standard InChI is InChI=1S/C28H32N2O3S/c1-21-7-8-25-23(15-21)16-30(17-26(33-25)22-9-14-34-19-22)18-27(31)29-20-28(10-12-32-13-11-28)24-5-3-2-4-6-24/h2-9,14-15,19,26H,10-13,16-18,20H2,1H3,(H,29,31). The van der Waals surface area contributed by atoms with Crippen LogP contribution in [0.3, 0.4) is 0 Å². The van der Waals surface area contributed by atoms with E-state index in [9.17, 15) is 4.79 Å². The molecule has 5 rings (SSSR count). The number of carbonyl (C=O) groups is 1. The molecule has 1 N–H and O–H groups in total. The van der Waals surface area contributed by atoms with Gasteiger partial charge in [-0.2, -0.15) is 11.3 Å². The number of nitrogens with one attached hydrogen (secondary N) is 1. The number of benzene rings is 2. The van der Waals surface area contributed by atoms with E-state index in [-0.39, 0.29) is 17.4 Å². The van der Waals surface area contributed by atoms with Gasteiger partial charge >= 0.3 is 0 Å². The van der Waals surface area contributed by atoms with Crippen molar-refractivity contribution in [3.05, 3.63) is 87.6 Å². The zero-order valence-electron chi connectivity index (χ0n) is 19.7. The number of carbonyl (C=O) groups excluding carboxylic acids is 1. The van der Waals surface area contributed by atoms with Crippen LogP contribution >= 0.6 is 11.3 Å². The molecule has 1 atom stereocenters. The minimum Gasteiger partial charge on any atom is -0.484 e. The Bertz CT molecular complexity index is 1090. The Morgan fingerprint density at radius 2 is 1.97 bits per heavy atom. The van der Waals surface area contributed by atoms with Gasteiger partial charge in [0.05, 0.1) is 6.54 Å². The van der Waals surface area contributed by atoms with Gasteiger partial charge in [-0.15, -0.1) is 0 Å². The average molecular weight is 477 g/mol. The number of fused-ring (bicyclic) bond motifs is 1. The molecule has 3 heterocycles.